The number of rotatable bonds is 7. The molecule has 0 fully saturated rings. The van der Waals surface area contributed by atoms with Crippen LogP contribution in [0.1, 0.15) is 42.4 Å². The summed E-state index contributed by atoms with van der Waals surface area (Å²) in [6.45, 7) is 8.67. The Morgan fingerprint density at radius 1 is 0.490 bits per heavy atom. The third kappa shape index (κ3) is 5.25. The average molecular weight is 655 g/mol. The van der Waals surface area contributed by atoms with Crippen LogP contribution < -0.4 is 10.6 Å². The van der Waals surface area contributed by atoms with Crippen molar-refractivity contribution in [1.29, 1.82) is 0 Å². The van der Waals surface area contributed by atoms with Crippen LogP contribution in [0.4, 0.5) is 0 Å². The zero-order chi connectivity index (χ0) is 34.3. The summed E-state index contributed by atoms with van der Waals surface area (Å²) in [5.41, 5.74) is 16.7. The Bertz CT molecular complexity index is 2680. The van der Waals surface area contributed by atoms with Gasteiger partial charge in [0.05, 0.1) is 0 Å². The van der Waals surface area contributed by atoms with Crippen molar-refractivity contribution in [3.8, 4) is 33.4 Å². The summed E-state index contributed by atoms with van der Waals surface area (Å²) < 4.78 is 6.81. The molecule has 0 radical (unpaired) electrons. The zero-order valence-corrected chi connectivity index (χ0v) is 28.7. The van der Waals surface area contributed by atoms with Crippen molar-refractivity contribution in [3.63, 3.8) is 0 Å². The normalized spacial score (nSPS) is 14.1. The van der Waals surface area contributed by atoms with Gasteiger partial charge in [0.2, 0.25) is 0 Å². The molecule has 0 spiro atoms. The minimum Gasteiger partial charge on any atom is -0.455 e. The van der Waals surface area contributed by atoms with Gasteiger partial charge in [-0.3, -0.25) is 0 Å². The molecule has 0 saturated heterocycles. The molecule has 0 atom stereocenters. The van der Waals surface area contributed by atoms with Gasteiger partial charge in [0, 0.05) is 16.2 Å². The van der Waals surface area contributed by atoms with Crippen LogP contribution in [0.5, 0.6) is 0 Å². The first kappa shape index (κ1) is 30.8. The highest BCUT2D eigenvalue weighted by molar-refractivity contribution is 6.09. The van der Waals surface area contributed by atoms with E-state index in [0.717, 1.165) is 53.4 Å². The second-order valence-corrected chi connectivity index (χ2v) is 13.5. The Hall–Kier alpha value is -6.18. The van der Waals surface area contributed by atoms with Crippen LogP contribution in [-0.2, 0) is 0 Å². The molecule has 1 heterocycles. The first-order chi connectivity index (χ1) is 25.2. The lowest BCUT2D eigenvalue weighted by molar-refractivity contribution is 0.568. The van der Waals surface area contributed by atoms with E-state index in [-0.39, 0.29) is 0 Å². The maximum Gasteiger partial charge on any atom is 0.143 e. The predicted molar refractivity (Wildman–Crippen MR) is 218 cm³/mol. The second kappa shape index (κ2) is 12.9. The van der Waals surface area contributed by atoms with Gasteiger partial charge in [0.15, 0.2) is 0 Å². The van der Waals surface area contributed by atoms with Crippen molar-refractivity contribution in [2.45, 2.75) is 25.7 Å². The molecule has 6 aromatic carbocycles. The van der Waals surface area contributed by atoms with E-state index < -0.39 is 0 Å². The largest absolute Gasteiger partial charge is 0.455 e. The summed E-state index contributed by atoms with van der Waals surface area (Å²) >= 11 is 0. The van der Waals surface area contributed by atoms with Crippen molar-refractivity contribution in [2.24, 2.45) is 0 Å². The highest BCUT2D eigenvalue weighted by Gasteiger charge is 2.23. The van der Waals surface area contributed by atoms with Crippen molar-refractivity contribution < 1.29 is 4.42 Å². The Morgan fingerprint density at radius 3 is 1.75 bits per heavy atom. The van der Waals surface area contributed by atoms with Crippen LogP contribution in [0.3, 0.4) is 0 Å². The maximum absolute atomic E-state index is 6.81. The molecule has 2 aliphatic rings. The highest BCUT2D eigenvalue weighted by atomic mass is 16.3. The van der Waals surface area contributed by atoms with Gasteiger partial charge in [-0.15, -0.1) is 0 Å². The van der Waals surface area contributed by atoms with E-state index in [1.807, 2.05) is 12.2 Å². The first-order valence-corrected chi connectivity index (χ1v) is 17.9. The van der Waals surface area contributed by atoms with Crippen LogP contribution in [-0.4, -0.2) is 0 Å². The fourth-order valence-electron chi connectivity index (χ4n) is 8.31. The number of fused-ring (bicyclic) bond motifs is 4. The third-order valence-corrected chi connectivity index (χ3v) is 10.7. The lowest BCUT2D eigenvalue weighted by Gasteiger charge is -2.24. The average Bonchev–Trinajstić information content (AvgIpc) is 3.60. The van der Waals surface area contributed by atoms with Gasteiger partial charge < -0.3 is 4.42 Å². The van der Waals surface area contributed by atoms with Gasteiger partial charge in [0.1, 0.15) is 11.0 Å². The molecule has 7 aromatic rings. The molecule has 2 aliphatic carbocycles. The van der Waals surface area contributed by atoms with Gasteiger partial charge in [0.25, 0.3) is 0 Å². The van der Waals surface area contributed by atoms with Crippen molar-refractivity contribution in [2.75, 3.05) is 0 Å². The SMILES string of the molecule is C=Cc1c(C=C)c(-c2ccc(-c3ccccc3)cc2)c2ccccc2c1C1=CC=C(C2=c3oc4c(-c5ccccc5)cccc4c3=CCC2)CC1. The van der Waals surface area contributed by atoms with E-state index in [1.165, 1.54) is 71.5 Å². The molecule has 9 rings (SSSR count). The van der Waals surface area contributed by atoms with E-state index in [4.69, 9.17) is 4.42 Å². The smallest absolute Gasteiger partial charge is 0.143 e. The molecule has 1 heteroatoms. The van der Waals surface area contributed by atoms with Crippen LogP contribution in [0.15, 0.2) is 163 Å². The molecule has 0 saturated carbocycles. The van der Waals surface area contributed by atoms with Crippen molar-refractivity contribution in [1.82, 2.24) is 0 Å². The number of para-hydroxylation sites is 1. The summed E-state index contributed by atoms with van der Waals surface area (Å²) in [6.07, 6.45) is 15.0. The fourth-order valence-corrected chi connectivity index (χ4v) is 8.31. The lowest BCUT2D eigenvalue weighted by Crippen LogP contribution is -2.27. The maximum atomic E-state index is 6.81. The van der Waals surface area contributed by atoms with E-state index in [0.29, 0.717) is 0 Å². The predicted octanol–water partition coefficient (Wildman–Crippen LogP) is 12.4. The van der Waals surface area contributed by atoms with Gasteiger partial charge >= 0.3 is 0 Å². The standard InChI is InChI=1S/C50H38O/c1-3-39-40(4-2)48(44-20-12-11-19-43(44)47(39)37-29-25-34(26-30-37)33-15-7-5-8-16-33)38-31-27-36(28-32-38)42-22-14-24-46-45-23-13-21-41(49(45)51-50(42)46)35-17-9-6-10-18-35/h3-13,15-21,23-27,29-31H,1-2,14,22,28,32H2. The Labute approximate surface area is 299 Å². The molecule has 0 aliphatic heterocycles. The summed E-state index contributed by atoms with van der Waals surface area (Å²) in [7, 11) is 0. The molecule has 1 aromatic heterocycles. The van der Waals surface area contributed by atoms with Gasteiger partial charge in [-0.25, -0.2) is 0 Å². The van der Waals surface area contributed by atoms with Crippen LogP contribution >= 0.6 is 0 Å². The minimum atomic E-state index is 0.941. The Balaban J connectivity index is 1.17. The summed E-state index contributed by atoms with van der Waals surface area (Å²) in [5.74, 6) is 0. The second-order valence-electron chi connectivity index (χ2n) is 13.5. The highest BCUT2D eigenvalue weighted by Crippen LogP contribution is 2.44. The molecular formula is C50H38O. The number of furan rings is 1. The van der Waals surface area contributed by atoms with E-state index in [1.54, 1.807) is 0 Å². The molecule has 51 heavy (non-hydrogen) atoms. The molecule has 0 unspecified atom stereocenters. The number of benzene rings is 6. The summed E-state index contributed by atoms with van der Waals surface area (Å²) in [5, 5.41) is 4.92. The Morgan fingerprint density at radius 2 is 1.06 bits per heavy atom. The number of hydrogen-bond donors (Lipinski definition) is 0. The van der Waals surface area contributed by atoms with Crippen LogP contribution in [0, 0.1) is 0 Å². The molecule has 244 valence electrons. The van der Waals surface area contributed by atoms with E-state index in [2.05, 4.69) is 159 Å². The first-order valence-electron chi connectivity index (χ1n) is 17.9. The van der Waals surface area contributed by atoms with E-state index >= 15 is 0 Å². The topological polar surface area (TPSA) is 13.1 Å². The number of allylic oxidation sites excluding steroid dienone is 4. The molecular weight excluding hydrogens is 617 g/mol. The summed E-state index contributed by atoms with van der Waals surface area (Å²) in [6, 6.07) is 45.4. The quantitative estimate of drug-likeness (QED) is 0.167. The van der Waals surface area contributed by atoms with Crippen molar-refractivity contribution in [3.05, 3.63) is 186 Å². The minimum absolute atomic E-state index is 0.941. The van der Waals surface area contributed by atoms with Gasteiger partial charge in [-0.05, 0) is 97.7 Å². The van der Waals surface area contributed by atoms with Gasteiger partial charge in [-0.2, -0.15) is 0 Å². The molecule has 1 nitrogen and oxygen atoms in total. The third-order valence-electron chi connectivity index (χ3n) is 10.7. The van der Waals surface area contributed by atoms with Crippen molar-refractivity contribution >= 4 is 51.1 Å². The Kier molecular flexibility index (Phi) is 7.82. The monoisotopic (exact) mass is 654 g/mol. The van der Waals surface area contributed by atoms with E-state index in [9.17, 15) is 0 Å². The number of hydrogen-bond acceptors (Lipinski definition) is 1. The zero-order valence-electron chi connectivity index (χ0n) is 28.7. The molecule has 0 amide bonds. The lowest BCUT2D eigenvalue weighted by atomic mass is 9.80. The van der Waals surface area contributed by atoms with Gasteiger partial charge in [-0.1, -0.05) is 171 Å². The molecule has 0 bridgehead atoms. The van der Waals surface area contributed by atoms with Crippen LogP contribution in [0.25, 0.3) is 84.5 Å². The summed E-state index contributed by atoms with van der Waals surface area (Å²) in [4.78, 5) is 0. The fraction of sp³-hybridized carbons (Fsp3) is 0.0800. The van der Waals surface area contributed by atoms with Crippen LogP contribution in [0.2, 0.25) is 0 Å². The molecule has 0 N–H and O–H groups in total.